The van der Waals surface area contributed by atoms with Gasteiger partial charge in [-0.15, -0.1) is 5.10 Å². The summed E-state index contributed by atoms with van der Waals surface area (Å²) in [5.41, 5.74) is 3.83. The van der Waals surface area contributed by atoms with Gasteiger partial charge < -0.3 is 18.8 Å². The molecule has 2 N–H and O–H groups in total. The second-order valence-corrected chi connectivity index (χ2v) is 6.75. The lowest BCUT2D eigenvalue weighted by molar-refractivity contribution is -0.125. The number of anilines is 1. The lowest BCUT2D eigenvalue weighted by Crippen LogP contribution is -2.37. The Kier molecular flexibility index (Phi) is 4.71. The average Bonchev–Trinajstić information content (AvgIpc) is 3.40. The van der Waals surface area contributed by atoms with Crippen molar-refractivity contribution in [1.29, 1.82) is 0 Å². The van der Waals surface area contributed by atoms with Gasteiger partial charge in [-0.1, -0.05) is 12.6 Å². The lowest BCUT2D eigenvalue weighted by Gasteiger charge is -2.17. The molecule has 3 heterocycles. The highest BCUT2D eigenvalue weighted by molar-refractivity contribution is 6.04. The van der Waals surface area contributed by atoms with Gasteiger partial charge in [-0.25, -0.2) is 5.43 Å². The number of nitrogens with one attached hydrogen (secondary N) is 2. The Hall–Kier alpha value is -3.75. The van der Waals surface area contributed by atoms with Crippen molar-refractivity contribution < 1.29 is 23.5 Å². The fourth-order valence-electron chi connectivity index (χ4n) is 3.29. The van der Waals surface area contributed by atoms with E-state index in [1.807, 2.05) is 0 Å². The molecule has 0 spiro atoms. The number of benzene rings is 1. The van der Waals surface area contributed by atoms with Crippen LogP contribution in [0, 0.1) is 12.8 Å². The molecular weight excluding hydrogens is 376 g/mol. The highest BCUT2D eigenvalue weighted by atomic mass is 16.5. The fraction of sp³-hybridized carbons (Fsp3) is 0.250. The van der Waals surface area contributed by atoms with Crippen molar-refractivity contribution in [1.82, 2.24) is 10.7 Å². The molecule has 150 valence electrons. The van der Waals surface area contributed by atoms with Crippen molar-refractivity contribution in [2.24, 2.45) is 11.0 Å². The average molecular weight is 396 g/mol. The van der Waals surface area contributed by atoms with E-state index in [-0.39, 0.29) is 30.8 Å². The SMILES string of the molecule is C=c1oc(C)cc1=C1NN=C(NC(=O)C2CC(=O)N(c3cccc(OC)c3)C2)O1. The fourth-order valence-corrected chi connectivity index (χ4v) is 3.29. The third-order valence-electron chi connectivity index (χ3n) is 4.73. The molecule has 2 aromatic rings. The monoisotopic (exact) mass is 396 g/mol. The summed E-state index contributed by atoms with van der Waals surface area (Å²) in [6.07, 6.45) is 0.101. The first-order valence-corrected chi connectivity index (χ1v) is 9.01. The second-order valence-electron chi connectivity index (χ2n) is 6.75. The molecular formula is C20H20N4O5. The topological polar surface area (TPSA) is 105 Å². The molecule has 29 heavy (non-hydrogen) atoms. The maximum atomic E-state index is 12.6. The molecule has 9 nitrogen and oxygen atoms in total. The Morgan fingerprint density at radius 1 is 1.41 bits per heavy atom. The van der Waals surface area contributed by atoms with Gasteiger partial charge in [0.15, 0.2) is 0 Å². The van der Waals surface area contributed by atoms with E-state index >= 15 is 0 Å². The van der Waals surface area contributed by atoms with Crippen LogP contribution in [0.1, 0.15) is 12.2 Å². The van der Waals surface area contributed by atoms with E-state index in [0.29, 0.717) is 33.7 Å². The van der Waals surface area contributed by atoms with Crippen LogP contribution < -0.4 is 31.0 Å². The molecule has 2 aliphatic heterocycles. The van der Waals surface area contributed by atoms with Crippen LogP contribution >= 0.6 is 0 Å². The summed E-state index contributed by atoms with van der Waals surface area (Å²) >= 11 is 0. The predicted octanol–water partition coefficient (Wildman–Crippen LogP) is 0.133. The minimum Gasteiger partial charge on any atom is -0.497 e. The van der Waals surface area contributed by atoms with Crippen molar-refractivity contribution in [2.45, 2.75) is 13.3 Å². The molecule has 0 aliphatic carbocycles. The molecule has 1 atom stereocenters. The molecule has 0 radical (unpaired) electrons. The number of hydrogen-bond acceptors (Lipinski definition) is 7. The van der Waals surface area contributed by atoms with E-state index < -0.39 is 5.92 Å². The van der Waals surface area contributed by atoms with Crippen LogP contribution in [0.4, 0.5) is 5.69 Å². The number of hydrogen-bond donors (Lipinski definition) is 2. The number of methoxy groups -OCH3 is 1. The molecule has 0 bridgehead atoms. The number of amides is 2. The molecule has 1 aromatic heterocycles. The number of rotatable bonds is 3. The highest BCUT2D eigenvalue weighted by Crippen LogP contribution is 2.28. The van der Waals surface area contributed by atoms with Crippen LogP contribution in [0.2, 0.25) is 0 Å². The second kappa shape index (κ2) is 7.34. The van der Waals surface area contributed by atoms with E-state index in [4.69, 9.17) is 13.9 Å². The first-order chi connectivity index (χ1) is 13.9. The first-order valence-electron chi connectivity index (χ1n) is 9.01. The van der Waals surface area contributed by atoms with Crippen LogP contribution in [-0.2, 0) is 14.3 Å². The number of nitrogens with zero attached hydrogens (tertiary/aromatic N) is 2. The lowest BCUT2D eigenvalue weighted by atomic mass is 10.1. The normalized spacial score (nSPS) is 20.2. The molecule has 1 unspecified atom stereocenters. The van der Waals surface area contributed by atoms with Crippen molar-refractivity contribution in [3.63, 3.8) is 0 Å². The number of hydrazone groups is 1. The zero-order valence-electron chi connectivity index (χ0n) is 16.0. The quantitative estimate of drug-likeness (QED) is 0.764. The Labute approximate surface area is 166 Å². The summed E-state index contributed by atoms with van der Waals surface area (Å²) < 4.78 is 16.1. The Balaban J connectivity index is 1.42. The number of carbonyl (C=O) groups is 2. The van der Waals surface area contributed by atoms with Gasteiger partial charge in [0.2, 0.25) is 17.7 Å². The molecule has 1 saturated heterocycles. The van der Waals surface area contributed by atoms with E-state index in [1.54, 1.807) is 49.3 Å². The summed E-state index contributed by atoms with van der Waals surface area (Å²) in [7, 11) is 1.56. The van der Waals surface area contributed by atoms with Gasteiger partial charge in [-0.2, -0.15) is 0 Å². The molecule has 1 fully saturated rings. The minimum absolute atomic E-state index is 0.00975. The van der Waals surface area contributed by atoms with Gasteiger partial charge in [0.05, 0.1) is 18.2 Å². The minimum atomic E-state index is -0.524. The van der Waals surface area contributed by atoms with Gasteiger partial charge in [-0.3, -0.25) is 14.9 Å². The van der Waals surface area contributed by atoms with Crippen LogP contribution in [0.25, 0.3) is 12.5 Å². The summed E-state index contributed by atoms with van der Waals surface area (Å²) in [6, 6.07) is 8.93. The molecule has 1 aromatic carbocycles. The highest BCUT2D eigenvalue weighted by Gasteiger charge is 2.36. The molecule has 2 aliphatic rings. The largest absolute Gasteiger partial charge is 0.497 e. The van der Waals surface area contributed by atoms with Crippen molar-refractivity contribution in [3.05, 3.63) is 46.7 Å². The van der Waals surface area contributed by atoms with Crippen LogP contribution in [0.15, 0.2) is 39.9 Å². The number of amidine groups is 1. The maximum Gasteiger partial charge on any atom is 0.320 e. The summed E-state index contributed by atoms with van der Waals surface area (Å²) in [6.45, 7) is 5.85. The zero-order valence-corrected chi connectivity index (χ0v) is 16.0. The Morgan fingerprint density at radius 3 is 2.97 bits per heavy atom. The number of aryl methyl sites for hydroxylation is 1. The van der Waals surface area contributed by atoms with Gasteiger partial charge in [0.1, 0.15) is 16.9 Å². The molecule has 9 heteroatoms. The van der Waals surface area contributed by atoms with Crippen molar-refractivity contribution in [3.8, 4) is 5.75 Å². The molecule has 4 rings (SSSR count). The zero-order chi connectivity index (χ0) is 20.5. The van der Waals surface area contributed by atoms with Crippen molar-refractivity contribution >= 4 is 36.0 Å². The predicted molar refractivity (Wildman–Crippen MR) is 105 cm³/mol. The van der Waals surface area contributed by atoms with Gasteiger partial charge >= 0.3 is 6.02 Å². The third kappa shape index (κ3) is 3.66. The Morgan fingerprint density at radius 2 is 2.24 bits per heavy atom. The van der Waals surface area contributed by atoms with E-state index in [9.17, 15) is 9.59 Å². The summed E-state index contributed by atoms with van der Waals surface area (Å²) in [4.78, 5) is 26.6. The van der Waals surface area contributed by atoms with Gasteiger partial charge in [0.25, 0.3) is 0 Å². The maximum absolute atomic E-state index is 12.6. The Bertz CT molecular complexity index is 1120. The number of furan rings is 1. The summed E-state index contributed by atoms with van der Waals surface area (Å²) in [5.74, 6) is 0.650. The van der Waals surface area contributed by atoms with Crippen molar-refractivity contribution in [2.75, 3.05) is 18.6 Å². The van der Waals surface area contributed by atoms with E-state index in [1.165, 1.54) is 0 Å². The number of ether oxygens (including phenoxy) is 2. The molecule has 2 amide bonds. The van der Waals surface area contributed by atoms with E-state index in [0.717, 1.165) is 0 Å². The first kappa shape index (κ1) is 18.6. The number of carbonyl (C=O) groups excluding carboxylic acids is 2. The molecule has 0 saturated carbocycles. The standard InChI is InChI=1S/C20H20N4O5/c1-11-7-16(12(2)28-11)19-22-23-20(29-19)21-18(26)13-8-17(25)24(10-13)14-5-4-6-15(9-14)27-3/h4-7,9,13,22H,2,8,10H2,1,3H3,(H,21,23,26). The van der Waals surface area contributed by atoms with Crippen LogP contribution in [-0.4, -0.2) is 31.5 Å². The van der Waals surface area contributed by atoms with E-state index in [2.05, 4.69) is 22.4 Å². The smallest absolute Gasteiger partial charge is 0.320 e. The summed E-state index contributed by atoms with van der Waals surface area (Å²) in [5, 5.41) is 7.20. The van der Waals surface area contributed by atoms with Crippen LogP contribution in [0.3, 0.4) is 0 Å². The third-order valence-corrected chi connectivity index (χ3v) is 4.73. The van der Waals surface area contributed by atoms with Crippen LogP contribution in [0.5, 0.6) is 5.75 Å². The van der Waals surface area contributed by atoms with Gasteiger partial charge in [0, 0.05) is 24.7 Å². The van der Waals surface area contributed by atoms with Gasteiger partial charge in [-0.05, 0) is 25.1 Å².